The highest BCUT2D eigenvalue weighted by Crippen LogP contribution is 2.26. The zero-order chi connectivity index (χ0) is 10.7. The summed E-state index contributed by atoms with van der Waals surface area (Å²) in [5.74, 6) is 1.67. The van der Waals surface area contributed by atoms with Gasteiger partial charge < -0.3 is 10.6 Å². The molecule has 1 fully saturated rings. The second-order valence-electron chi connectivity index (χ2n) is 5.42. The second-order valence-corrected chi connectivity index (χ2v) is 5.42. The van der Waals surface area contributed by atoms with Crippen LogP contribution in [0.4, 0.5) is 0 Å². The number of hydrogen-bond acceptors (Lipinski definition) is 2. The number of nitrogens with two attached hydrogens (primary N) is 1. The normalized spacial score (nSPS) is 31.9. The Balaban J connectivity index is 1.68. The van der Waals surface area contributed by atoms with Gasteiger partial charge in [-0.15, -0.1) is 0 Å². The van der Waals surface area contributed by atoms with E-state index in [0.29, 0.717) is 12.0 Å². The van der Waals surface area contributed by atoms with E-state index in [1.165, 1.54) is 38.8 Å². The SMILES string of the molecule is CN(CC1C=CC(N)C1)CC1CCCC1. The predicted molar refractivity (Wildman–Crippen MR) is 64.7 cm³/mol. The minimum Gasteiger partial charge on any atom is -0.324 e. The molecule has 0 aromatic heterocycles. The molecule has 2 rings (SSSR count). The summed E-state index contributed by atoms with van der Waals surface area (Å²) >= 11 is 0. The molecule has 2 aliphatic carbocycles. The Labute approximate surface area is 93.5 Å². The van der Waals surface area contributed by atoms with Crippen LogP contribution < -0.4 is 5.73 Å². The van der Waals surface area contributed by atoms with Crippen molar-refractivity contribution in [1.29, 1.82) is 0 Å². The van der Waals surface area contributed by atoms with Crippen molar-refractivity contribution in [2.45, 2.75) is 38.1 Å². The molecule has 2 nitrogen and oxygen atoms in total. The molecule has 2 unspecified atom stereocenters. The lowest BCUT2D eigenvalue weighted by atomic mass is 10.1. The summed E-state index contributed by atoms with van der Waals surface area (Å²) in [5.41, 5.74) is 5.86. The van der Waals surface area contributed by atoms with Crippen LogP contribution in [0.25, 0.3) is 0 Å². The molecule has 2 N–H and O–H groups in total. The molecule has 0 spiro atoms. The van der Waals surface area contributed by atoms with Crippen molar-refractivity contribution in [3.8, 4) is 0 Å². The highest BCUT2D eigenvalue weighted by Gasteiger charge is 2.20. The third-order valence-corrected chi connectivity index (χ3v) is 3.80. The maximum atomic E-state index is 5.86. The van der Waals surface area contributed by atoms with Crippen molar-refractivity contribution in [2.24, 2.45) is 17.6 Å². The van der Waals surface area contributed by atoms with Gasteiger partial charge in [0.05, 0.1) is 0 Å². The van der Waals surface area contributed by atoms with Crippen LogP contribution in [-0.2, 0) is 0 Å². The average molecular weight is 208 g/mol. The van der Waals surface area contributed by atoms with E-state index in [4.69, 9.17) is 5.73 Å². The lowest BCUT2D eigenvalue weighted by molar-refractivity contribution is 0.252. The van der Waals surface area contributed by atoms with Crippen LogP contribution in [0, 0.1) is 11.8 Å². The first kappa shape index (κ1) is 11.2. The van der Waals surface area contributed by atoms with E-state index in [0.717, 1.165) is 12.3 Å². The summed E-state index contributed by atoms with van der Waals surface area (Å²) < 4.78 is 0. The fourth-order valence-corrected chi connectivity index (χ4v) is 3.05. The zero-order valence-electron chi connectivity index (χ0n) is 9.86. The number of nitrogens with zero attached hydrogens (tertiary/aromatic N) is 1. The van der Waals surface area contributed by atoms with Crippen molar-refractivity contribution in [1.82, 2.24) is 4.90 Å². The summed E-state index contributed by atoms with van der Waals surface area (Å²) in [6, 6.07) is 0.315. The average Bonchev–Trinajstić information content (AvgIpc) is 2.77. The maximum Gasteiger partial charge on any atom is 0.0229 e. The molecule has 0 aromatic carbocycles. The van der Waals surface area contributed by atoms with E-state index in [1.54, 1.807) is 0 Å². The van der Waals surface area contributed by atoms with Gasteiger partial charge in [0.25, 0.3) is 0 Å². The molecule has 0 bridgehead atoms. The van der Waals surface area contributed by atoms with Gasteiger partial charge in [0.15, 0.2) is 0 Å². The smallest absolute Gasteiger partial charge is 0.0229 e. The van der Waals surface area contributed by atoms with Crippen LogP contribution >= 0.6 is 0 Å². The lowest BCUT2D eigenvalue weighted by Gasteiger charge is -2.23. The van der Waals surface area contributed by atoms with E-state index in [2.05, 4.69) is 24.1 Å². The monoisotopic (exact) mass is 208 g/mol. The van der Waals surface area contributed by atoms with Gasteiger partial charge in [0, 0.05) is 19.1 Å². The molecule has 86 valence electrons. The molecular formula is C13H24N2. The Morgan fingerprint density at radius 3 is 2.53 bits per heavy atom. The van der Waals surface area contributed by atoms with Gasteiger partial charge >= 0.3 is 0 Å². The van der Waals surface area contributed by atoms with Gasteiger partial charge in [-0.25, -0.2) is 0 Å². The molecule has 0 amide bonds. The van der Waals surface area contributed by atoms with Crippen LogP contribution in [0.15, 0.2) is 12.2 Å². The second kappa shape index (κ2) is 5.13. The fraction of sp³-hybridized carbons (Fsp3) is 0.846. The zero-order valence-corrected chi connectivity index (χ0v) is 9.86. The Morgan fingerprint density at radius 1 is 1.20 bits per heavy atom. The highest BCUT2D eigenvalue weighted by molar-refractivity contribution is 5.05. The first-order valence-corrected chi connectivity index (χ1v) is 6.36. The van der Waals surface area contributed by atoms with Crippen molar-refractivity contribution >= 4 is 0 Å². The third kappa shape index (κ3) is 3.32. The summed E-state index contributed by atoms with van der Waals surface area (Å²) in [6.45, 7) is 2.49. The topological polar surface area (TPSA) is 29.3 Å². The maximum absolute atomic E-state index is 5.86. The Hall–Kier alpha value is -0.340. The molecule has 0 aromatic rings. The molecule has 15 heavy (non-hydrogen) atoms. The van der Waals surface area contributed by atoms with Gasteiger partial charge in [-0.1, -0.05) is 25.0 Å². The minimum atomic E-state index is 0.315. The first-order valence-electron chi connectivity index (χ1n) is 6.36. The van der Waals surface area contributed by atoms with Gasteiger partial charge in [0.1, 0.15) is 0 Å². The van der Waals surface area contributed by atoms with Crippen molar-refractivity contribution in [2.75, 3.05) is 20.1 Å². The molecule has 2 heteroatoms. The van der Waals surface area contributed by atoms with Crippen LogP contribution in [0.5, 0.6) is 0 Å². The molecule has 1 saturated carbocycles. The van der Waals surface area contributed by atoms with Crippen molar-refractivity contribution in [3.05, 3.63) is 12.2 Å². The quantitative estimate of drug-likeness (QED) is 0.716. The van der Waals surface area contributed by atoms with E-state index in [1.807, 2.05) is 0 Å². The standard InChI is InChI=1S/C13H24N2/c1-15(9-11-4-2-3-5-11)10-12-6-7-13(14)8-12/h6-7,11-13H,2-5,8-10,14H2,1H3. The molecular weight excluding hydrogens is 184 g/mol. The van der Waals surface area contributed by atoms with Crippen molar-refractivity contribution in [3.63, 3.8) is 0 Å². The Bertz CT molecular complexity index is 219. The van der Waals surface area contributed by atoms with Gasteiger partial charge in [-0.3, -0.25) is 0 Å². The van der Waals surface area contributed by atoms with Gasteiger partial charge in [-0.2, -0.15) is 0 Å². The van der Waals surface area contributed by atoms with E-state index >= 15 is 0 Å². The third-order valence-electron chi connectivity index (χ3n) is 3.80. The Morgan fingerprint density at radius 2 is 1.93 bits per heavy atom. The lowest BCUT2D eigenvalue weighted by Crippen LogP contribution is -2.30. The van der Waals surface area contributed by atoms with E-state index in [9.17, 15) is 0 Å². The minimum absolute atomic E-state index is 0.315. The van der Waals surface area contributed by atoms with E-state index < -0.39 is 0 Å². The van der Waals surface area contributed by atoms with Crippen molar-refractivity contribution < 1.29 is 0 Å². The largest absolute Gasteiger partial charge is 0.324 e. The summed E-state index contributed by atoms with van der Waals surface area (Å²) in [7, 11) is 2.26. The molecule has 2 aliphatic rings. The van der Waals surface area contributed by atoms with Gasteiger partial charge in [0.2, 0.25) is 0 Å². The number of rotatable bonds is 4. The summed E-state index contributed by atoms with van der Waals surface area (Å²) in [4.78, 5) is 2.50. The van der Waals surface area contributed by atoms with E-state index in [-0.39, 0.29) is 0 Å². The predicted octanol–water partition coefficient (Wildman–Crippen LogP) is 2.01. The molecule has 0 heterocycles. The molecule has 2 atom stereocenters. The van der Waals surface area contributed by atoms with Gasteiger partial charge in [-0.05, 0) is 38.1 Å². The Kier molecular flexibility index (Phi) is 3.81. The molecule has 0 radical (unpaired) electrons. The van der Waals surface area contributed by atoms with Crippen LogP contribution in [0.3, 0.4) is 0 Å². The summed E-state index contributed by atoms with van der Waals surface area (Å²) in [6.07, 6.45) is 11.4. The van der Waals surface area contributed by atoms with Crippen LogP contribution in [0.2, 0.25) is 0 Å². The van der Waals surface area contributed by atoms with Crippen LogP contribution in [-0.4, -0.2) is 31.1 Å². The molecule has 0 aliphatic heterocycles. The summed E-state index contributed by atoms with van der Waals surface area (Å²) in [5, 5.41) is 0. The first-order chi connectivity index (χ1) is 7.24. The highest BCUT2D eigenvalue weighted by atomic mass is 15.1. The fourth-order valence-electron chi connectivity index (χ4n) is 3.05. The van der Waals surface area contributed by atoms with Crippen LogP contribution in [0.1, 0.15) is 32.1 Å². The number of hydrogen-bond donors (Lipinski definition) is 1. The molecule has 0 saturated heterocycles.